The van der Waals surface area contributed by atoms with Crippen molar-refractivity contribution in [2.75, 3.05) is 0 Å². The predicted octanol–water partition coefficient (Wildman–Crippen LogP) is 3.78. The number of rotatable bonds is 5. The van der Waals surface area contributed by atoms with Gasteiger partial charge in [0.1, 0.15) is 10.7 Å². The van der Waals surface area contributed by atoms with Crippen LogP contribution in [0.2, 0.25) is 0 Å². The molecule has 108 valence electrons. The molecular formula is C14H18BrN3OS. The third-order valence-corrected chi connectivity index (χ3v) is 4.83. The minimum absolute atomic E-state index is 0.0710. The van der Waals surface area contributed by atoms with Crippen LogP contribution in [-0.2, 0) is 13.0 Å². The van der Waals surface area contributed by atoms with Gasteiger partial charge in [0.2, 0.25) is 0 Å². The normalized spacial score (nSPS) is 12.4. The van der Waals surface area contributed by atoms with Crippen molar-refractivity contribution in [1.29, 1.82) is 0 Å². The van der Waals surface area contributed by atoms with Crippen LogP contribution in [0.5, 0.6) is 0 Å². The van der Waals surface area contributed by atoms with Gasteiger partial charge in [-0.25, -0.2) is 4.98 Å². The van der Waals surface area contributed by atoms with Gasteiger partial charge in [-0.1, -0.05) is 6.92 Å². The molecule has 6 heteroatoms. The molecule has 0 spiro atoms. The first-order valence-electron chi connectivity index (χ1n) is 6.66. The summed E-state index contributed by atoms with van der Waals surface area (Å²) in [4.78, 5) is 17.9. The molecule has 2 aromatic heterocycles. The maximum absolute atomic E-state index is 12.3. The van der Waals surface area contributed by atoms with E-state index < -0.39 is 0 Å². The van der Waals surface area contributed by atoms with E-state index >= 15 is 0 Å². The van der Waals surface area contributed by atoms with E-state index in [1.807, 2.05) is 36.9 Å². The minimum atomic E-state index is -0.0771. The summed E-state index contributed by atoms with van der Waals surface area (Å²) < 4.78 is 2.84. The number of hydrogen-bond donors (Lipinski definition) is 1. The highest BCUT2D eigenvalue weighted by molar-refractivity contribution is 9.10. The second-order valence-electron chi connectivity index (χ2n) is 4.54. The Labute approximate surface area is 131 Å². The Morgan fingerprint density at radius 1 is 1.55 bits per heavy atom. The molecule has 0 fully saturated rings. The summed E-state index contributed by atoms with van der Waals surface area (Å²) in [5.74, 6) is -0.0710. The quantitative estimate of drug-likeness (QED) is 0.886. The summed E-state index contributed by atoms with van der Waals surface area (Å²) >= 11 is 5.06. The third-order valence-electron chi connectivity index (χ3n) is 3.07. The molecule has 2 heterocycles. The van der Waals surface area contributed by atoms with Gasteiger partial charge in [0.15, 0.2) is 0 Å². The molecule has 2 aromatic rings. The van der Waals surface area contributed by atoms with Crippen LogP contribution < -0.4 is 5.32 Å². The molecule has 20 heavy (non-hydrogen) atoms. The lowest BCUT2D eigenvalue weighted by molar-refractivity contribution is 0.0930. The predicted molar refractivity (Wildman–Crippen MR) is 85.2 cm³/mol. The molecule has 0 aliphatic heterocycles. The van der Waals surface area contributed by atoms with E-state index in [1.54, 1.807) is 11.3 Å². The number of nitrogens with one attached hydrogen (secondary N) is 1. The van der Waals surface area contributed by atoms with Crippen molar-refractivity contribution in [3.05, 3.63) is 38.5 Å². The van der Waals surface area contributed by atoms with Crippen LogP contribution in [0, 0.1) is 0 Å². The molecule has 0 saturated carbocycles. The number of amides is 1. The van der Waals surface area contributed by atoms with Gasteiger partial charge in [0.25, 0.3) is 5.91 Å². The molecule has 0 radical (unpaired) electrons. The van der Waals surface area contributed by atoms with Gasteiger partial charge in [0.05, 0.1) is 6.04 Å². The Kier molecular flexibility index (Phi) is 4.99. The van der Waals surface area contributed by atoms with E-state index in [1.165, 1.54) is 4.88 Å². The van der Waals surface area contributed by atoms with Crippen LogP contribution in [0.1, 0.15) is 47.2 Å². The number of aryl methyl sites for hydroxylation is 2. The van der Waals surface area contributed by atoms with Crippen molar-refractivity contribution in [3.63, 3.8) is 0 Å². The molecule has 1 unspecified atom stereocenters. The molecule has 0 saturated heterocycles. The van der Waals surface area contributed by atoms with Crippen molar-refractivity contribution >= 4 is 33.2 Å². The van der Waals surface area contributed by atoms with Crippen LogP contribution in [0.25, 0.3) is 0 Å². The van der Waals surface area contributed by atoms with E-state index in [9.17, 15) is 4.79 Å². The molecule has 0 aliphatic rings. The average Bonchev–Trinajstić information content (AvgIpc) is 3.04. The van der Waals surface area contributed by atoms with Gasteiger partial charge in [-0.3, -0.25) is 4.79 Å². The smallest absolute Gasteiger partial charge is 0.268 e. The van der Waals surface area contributed by atoms with Crippen LogP contribution >= 0.6 is 27.3 Å². The van der Waals surface area contributed by atoms with Crippen molar-refractivity contribution in [2.24, 2.45) is 0 Å². The summed E-state index contributed by atoms with van der Waals surface area (Å²) in [6.45, 7) is 6.84. The van der Waals surface area contributed by atoms with Gasteiger partial charge < -0.3 is 9.88 Å². The largest absolute Gasteiger partial charge is 0.343 e. The van der Waals surface area contributed by atoms with Gasteiger partial charge >= 0.3 is 0 Å². The van der Waals surface area contributed by atoms with Gasteiger partial charge in [-0.05, 0) is 42.3 Å². The van der Waals surface area contributed by atoms with E-state index in [0.29, 0.717) is 5.69 Å². The first kappa shape index (κ1) is 15.3. The average molecular weight is 356 g/mol. The Bertz CT molecular complexity index is 605. The lowest BCUT2D eigenvalue weighted by atomic mass is 10.3. The summed E-state index contributed by atoms with van der Waals surface area (Å²) in [6, 6.07) is 1.76. The summed E-state index contributed by atoms with van der Waals surface area (Å²) in [6.07, 6.45) is 4.77. The molecule has 1 atom stereocenters. The topological polar surface area (TPSA) is 46.9 Å². The van der Waals surface area contributed by atoms with Gasteiger partial charge in [-0.2, -0.15) is 0 Å². The molecule has 1 amide bonds. The van der Waals surface area contributed by atoms with Crippen molar-refractivity contribution in [1.82, 2.24) is 14.9 Å². The lowest BCUT2D eigenvalue weighted by Gasteiger charge is -2.12. The number of halogens is 1. The third kappa shape index (κ3) is 3.30. The maximum atomic E-state index is 12.3. The molecule has 2 rings (SSSR count). The number of thiazole rings is 1. The first-order chi connectivity index (χ1) is 9.55. The number of carbonyl (C=O) groups is 1. The van der Waals surface area contributed by atoms with E-state index in [4.69, 9.17) is 0 Å². The number of nitrogens with zero attached hydrogens (tertiary/aromatic N) is 2. The first-order valence-corrected chi connectivity index (χ1v) is 8.27. The molecular weight excluding hydrogens is 338 g/mol. The van der Waals surface area contributed by atoms with E-state index in [0.717, 1.165) is 22.4 Å². The molecule has 4 nitrogen and oxygen atoms in total. The highest BCUT2D eigenvalue weighted by atomic mass is 79.9. The fourth-order valence-corrected chi connectivity index (χ4v) is 3.27. The SMILES string of the molecule is CCc1cnc(C(C)NC(=O)c2cc(Br)cn2CC)s1. The fraction of sp³-hybridized carbons (Fsp3) is 0.429. The molecule has 1 N–H and O–H groups in total. The lowest BCUT2D eigenvalue weighted by Crippen LogP contribution is -2.28. The Morgan fingerprint density at radius 2 is 2.30 bits per heavy atom. The molecule has 0 bridgehead atoms. The zero-order chi connectivity index (χ0) is 14.7. The zero-order valence-corrected chi connectivity index (χ0v) is 14.2. The van der Waals surface area contributed by atoms with Gasteiger partial charge in [0, 0.05) is 28.3 Å². The zero-order valence-electron chi connectivity index (χ0n) is 11.8. The Morgan fingerprint density at radius 3 is 2.90 bits per heavy atom. The number of carbonyl (C=O) groups excluding carboxylic acids is 1. The highest BCUT2D eigenvalue weighted by Crippen LogP contribution is 2.21. The van der Waals surface area contributed by atoms with E-state index in [-0.39, 0.29) is 11.9 Å². The van der Waals surface area contributed by atoms with Crippen molar-refractivity contribution in [2.45, 2.75) is 39.8 Å². The van der Waals surface area contributed by atoms with E-state index in [2.05, 4.69) is 33.2 Å². The monoisotopic (exact) mass is 355 g/mol. The van der Waals surface area contributed by atoms with Gasteiger partial charge in [-0.15, -0.1) is 11.3 Å². The fourth-order valence-electron chi connectivity index (χ4n) is 1.95. The molecule has 0 aliphatic carbocycles. The van der Waals surface area contributed by atoms with Crippen LogP contribution in [-0.4, -0.2) is 15.5 Å². The number of hydrogen-bond acceptors (Lipinski definition) is 3. The van der Waals surface area contributed by atoms with Crippen molar-refractivity contribution in [3.8, 4) is 0 Å². The van der Waals surface area contributed by atoms with Crippen molar-refractivity contribution < 1.29 is 4.79 Å². The van der Waals surface area contributed by atoms with Crippen LogP contribution in [0.15, 0.2) is 22.9 Å². The second-order valence-corrected chi connectivity index (χ2v) is 6.61. The standard InChI is InChI=1S/C14H18BrN3OS/c1-4-11-7-16-14(20-11)9(3)17-13(19)12-6-10(15)8-18(12)5-2/h6-9H,4-5H2,1-3H3,(H,17,19). The summed E-state index contributed by atoms with van der Waals surface area (Å²) in [5.41, 5.74) is 0.665. The highest BCUT2D eigenvalue weighted by Gasteiger charge is 2.17. The summed E-state index contributed by atoms with van der Waals surface area (Å²) in [7, 11) is 0. The number of aromatic nitrogens is 2. The maximum Gasteiger partial charge on any atom is 0.268 e. The second kappa shape index (κ2) is 6.54. The van der Waals surface area contributed by atoms with Crippen LogP contribution in [0.4, 0.5) is 0 Å². The summed E-state index contributed by atoms with van der Waals surface area (Å²) in [5, 5.41) is 3.95. The minimum Gasteiger partial charge on any atom is -0.343 e. The Balaban J connectivity index is 2.10. The molecule has 0 aromatic carbocycles. The van der Waals surface area contributed by atoms with Crippen LogP contribution in [0.3, 0.4) is 0 Å². The Hall–Kier alpha value is -1.14.